The third-order valence-corrected chi connectivity index (χ3v) is 7.94. The van der Waals surface area contributed by atoms with Gasteiger partial charge in [0.1, 0.15) is 0 Å². The van der Waals surface area contributed by atoms with Gasteiger partial charge in [-0.05, 0) is 49.7 Å². The van der Waals surface area contributed by atoms with E-state index in [2.05, 4.69) is 29.2 Å². The van der Waals surface area contributed by atoms with Gasteiger partial charge in [-0.15, -0.1) is 0 Å². The van der Waals surface area contributed by atoms with Gasteiger partial charge in [-0.25, -0.2) is 8.42 Å². The molecule has 0 spiro atoms. The van der Waals surface area contributed by atoms with Gasteiger partial charge >= 0.3 is 0 Å². The molecule has 0 aliphatic carbocycles. The van der Waals surface area contributed by atoms with Gasteiger partial charge in [0.2, 0.25) is 10.0 Å². The van der Waals surface area contributed by atoms with Crippen LogP contribution in [-0.4, -0.2) is 49.1 Å². The van der Waals surface area contributed by atoms with E-state index in [1.807, 2.05) is 4.31 Å². The van der Waals surface area contributed by atoms with Crippen molar-refractivity contribution in [1.82, 2.24) is 9.21 Å². The average molecular weight is 334 g/mol. The number of fused-ring (bicyclic) bond motifs is 4. The van der Waals surface area contributed by atoms with Gasteiger partial charge in [-0.3, -0.25) is 4.90 Å². The lowest BCUT2D eigenvalue weighted by Gasteiger charge is -2.51. The molecule has 126 valence electrons. The highest BCUT2D eigenvalue weighted by Gasteiger charge is 2.45. The van der Waals surface area contributed by atoms with Crippen molar-refractivity contribution >= 4 is 10.0 Å². The molecule has 0 N–H and O–H groups in total. The lowest BCUT2D eigenvalue weighted by Crippen LogP contribution is -2.57. The molecular weight excluding hydrogens is 308 g/mol. The molecule has 3 aliphatic rings. The fourth-order valence-corrected chi connectivity index (χ4v) is 6.27. The van der Waals surface area contributed by atoms with E-state index in [0.29, 0.717) is 18.5 Å². The molecule has 0 aromatic heterocycles. The molecule has 1 aromatic rings. The highest BCUT2D eigenvalue weighted by molar-refractivity contribution is 7.89. The maximum Gasteiger partial charge on any atom is 0.214 e. The van der Waals surface area contributed by atoms with Crippen molar-refractivity contribution < 1.29 is 8.42 Å². The summed E-state index contributed by atoms with van der Waals surface area (Å²) in [5, 5.41) is 0. The number of hydrogen-bond acceptors (Lipinski definition) is 3. The first kappa shape index (κ1) is 15.6. The Bertz CT molecular complexity index is 688. The Hall–Kier alpha value is -0.910. The van der Waals surface area contributed by atoms with Crippen LogP contribution in [0, 0.1) is 5.92 Å². The van der Waals surface area contributed by atoms with Crippen LogP contribution in [-0.2, 0) is 16.4 Å². The standard InChI is InChI=1S/C18H26N2O2S/c1-2-23(21,22)20-10-5-7-15-13-19-11-9-14-6-3-4-8-16(14)18(19)12-17(15)20/h3-4,6,8,15,17-18H,2,5,7,9-13H2,1H3/t15-,17+,18+/m1/s1. The Morgan fingerprint density at radius 1 is 1.22 bits per heavy atom. The summed E-state index contributed by atoms with van der Waals surface area (Å²) in [5.74, 6) is 0.730. The first-order valence-corrected chi connectivity index (χ1v) is 10.5. The zero-order valence-corrected chi connectivity index (χ0v) is 14.6. The number of piperidine rings is 2. The topological polar surface area (TPSA) is 40.6 Å². The first-order valence-electron chi connectivity index (χ1n) is 8.91. The van der Waals surface area contributed by atoms with Crippen molar-refractivity contribution in [2.45, 2.75) is 44.7 Å². The van der Waals surface area contributed by atoms with E-state index in [0.717, 1.165) is 32.4 Å². The van der Waals surface area contributed by atoms with Gasteiger partial charge in [0.15, 0.2) is 0 Å². The molecule has 2 saturated heterocycles. The molecule has 5 heteroatoms. The lowest BCUT2D eigenvalue weighted by molar-refractivity contribution is 0.0220. The highest BCUT2D eigenvalue weighted by Crippen LogP contribution is 2.43. The highest BCUT2D eigenvalue weighted by atomic mass is 32.2. The van der Waals surface area contributed by atoms with Gasteiger partial charge in [0.25, 0.3) is 0 Å². The molecule has 3 heterocycles. The SMILES string of the molecule is CCS(=O)(=O)N1CCC[C@@H]2CN3CCc4ccccc4[C@@H]3C[C@@H]21. The minimum absolute atomic E-state index is 0.195. The zero-order chi connectivity index (χ0) is 16.0. The molecule has 2 fully saturated rings. The number of hydrogen-bond donors (Lipinski definition) is 0. The van der Waals surface area contributed by atoms with Gasteiger partial charge in [0, 0.05) is 31.7 Å². The molecule has 4 nitrogen and oxygen atoms in total. The normalized spacial score (nSPS) is 32.0. The summed E-state index contributed by atoms with van der Waals surface area (Å²) in [6.07, 6.45) is 4.27. The van der Waals surface area contributed by atoms with Crippen molar-refractivity contribution in [3.05, 3.63) is 35.4 Å². The third-order valence-electron chi connectivity index (χ3n) is 6.05. The Morgan fingerprint density at radius 3 is 2.87 bits per heavy atom. The Kier molecular flexibility index (Phi) is 3.98. The van der Waals surface area contributed by atoms with E-state index in [-0.39, 0.29) is 11.8 Å². The van der Waals surface area contributed by atoms with Crippen molar-refractivity contribution in [3.63, 3.8) is 0 Å². The Labute approximate surface area is 139 Å². The summed E-state index contributed by atoms with van der Waals surface area (Å²) in [7, 11) is -3.09. The van der Waals surface area contributed by atoms with Crippen LogP contribution in [0.4, 0.5) is 0 Å². The first-order chi connectivity index (χ1) is 11.1. The molecule has 0 radical (unpaired) electrons. The van der Waals surface area contributed by atoms with Crippen molar-refractivity contribution in [3.8, 4) is 0 Å². The smallest absolute Gasteiger partial charge is 0.214 e. The van der Waals surface area contributed by atoms with E-state index in [1.54, 1.807) is 6.92 Å². The number of rotatable bonds is 2. The monoisotopic (exact) mass is 334 g/mol. The van der Waals surface area contributed by atoms with Gasteiger partial charge < -0.3 is 0 Å². The maximum absolute atomic E-state index is 12.5. The van der Waals surface area contributed by atoms with E-state index < -0.39 is 10.0 Å². The van der Waals surface area contributed by atoms with E-state index >= 15 is 0 Å². The minimum Gasteiger partial charge on any atom is -0.296 e. The van der Waals surface area contributed by atoms with E-state index in [1.165, 1.54) is 17.5 Å². The summed E-state index contributed by atoms with van der Waals surface area (Å²) in [6, 6.07) is 9.31. The molecular formula is C18H26N2O2S. The summed E-state index contributed by atoms with van der Waals surface area (Å²) in [6.45, 7) is 4.65. The van der Waals surface area contributed by atoms with Crippen LogP contribution in [0.5, 0.6) is 0 Å². The molecule has 23 heavy (non-hydrogen) atoms. The molecule has 4 rings (SSSR count). The van der Waals surface area contributed by atoms with Crippen LogP contribution in [0.3, 0.4) is 0 Å². The second-order valence-electron chi connectivity index (χ2n) is 7.18. The van der Waals surface area contributed by atoms with Crippen LogP contribution in [0.25, 0.3) is 0 Å². The Morgan fingerprint density at radius 2 is 2.04 bits per heavy atom. The van der Waals surface area contributed by atoms with Crippen LogP contribution in [0.1, 0.15) is 43.4 Å². The predicted octanol–water partition coefficient (Wildman–Crippen LogP) is 2.42. The van der Waals surface area contributed by atoms with Crippen molar-refractivity contribution in [1.29, 1.82) is 0 Å². The number of sulfonamides is 1. The second-order valence-corrected chi connectivity index (χ2v) is 9.39. The summed E-state index contributed by atoms with van der Waals surface area (Å²) in [5.41, 5.74) is 2.88. The quantitative estimate of drug-likeness (QED) is 0.834. The Balaban J connectivity index is 1.66. The van der Waals surface area contributed by atoms with Crippen LogP contribution in [0.15, 0.2) is 24.3 Å². The molecule has 3 aliphatic heterocycles. The average Bonchev–Trinajstić information content (AvgIpc) is 2.59. The van der Waals surface area contributed by atoms with Gasteiger partial charge in [0.05, 0.1) is 5.75 Å². The van der Waals surface area contributed by atoms with Crippen molar-refractivity contribution in [2.75, 3.05) is 25.4 Å². The van der Waals surface area contributed by atoms with E-state index in [9.17, 15) is 8.42 Å². The molecule has 0 amide bonds. The molecule has 0 unspecified atom stereocenters. The summed E-state index contributed by atoms with van der Waals surface area (Å²) in [4.78, 5) is 2.60. The van der Waals surface area contributed by atoms with Crippen LogP contribution < -0.4 is 0 Å². The third kappa shape index (κ3) is 2.63. The fraction of sp³-hybridized carbons (Fsp3) is 0.667. The lowest BCUT2D eigenvalue weighted by atomic mass is 9.77. The van der Waals surface area contributed by atoms with E-state index in [4.69, 9.17) is 0 Å². The van der Waals surface area contributed by atoms with Crippen LogP contribution >= 0.6 is 0 Å². The minimum atomic E-state index is -3.09. The molecule has 3 atom stereocenters. The summed E-state index contributed by atoms with van der Waals surface area (Å²) >= 11 is 0. The van der Waals surface area contributed by atoms with Crippen LogP contribution in [0.2, 0.25) is 0 Å². The largest absolute Gasteiger partial charge is 0.296 e. The van der Waals surface area contributed by atoms with Gasteiger partial charge in [-0.1, -0.05) is 24.3 Å². The molecule has 0 saturated carbocycles. The fourth-order valence-electron chi connectivity index (χ4n) is 4.86. The predicted molar refractivity (Wildman–Crippen MR) is 91.8 cm³/mol. The van der Waals surface area contributed by atoms with Gasteiger partial charge in [-0.2, -0.15) is 4.31 Å². The zero-order valence-electron chi connectivity index (χ0n) is 13.8. The number of benzene rings is 1. The second kappa shape index (κ2) is 5.87. The molecule has 1 aromatic carbocycles. The summed E-state index contributed by atoms with van der Waals surface area (Å²) < 4.78 is 26.9. The maximum atomic E-state index is 12.5. The van der Waals surface area contributed by atoms with Crippen molar-refractivity contribution in [2.24, 2.45) is 5.92 Å². The number of nitrogens with zero attached hydrogens (tertiary/aromatic N) is 2. The molecule has 0 bridgehead atoms.